The monoisotopic (exact) mass is 272 g/mol. The van der Waals surface area contributed by atoms with Crippen LogP contribution in [0.3, 0.4) is 0 Å². The van der Waals surface area contributed by atoms with Crippen LogP contribution in [-0.2, 0) is 6.54 Å². The van der Waals surface area contributed by atoms with Crippen molar-refractivity contribution in [3.8, 4) is 0 Å². The Labute approximate surface area is 116 Å². The molecule has 1 aliphatic rings. The first kappa shape index (κ1) is 15.5. The highest BCUT2D eigenvalue weighted by atomic mass is 35.5. The highest BCUT2D eigenvalue weighted by Crippen LogP contribution is 2.14. The molecule has 1 unspecified atom stereocenters. The molecule has 1 atom stereocenters. The molecule has 1 N–H and O–H groups in total. The predicted molar refractivity (Wildman–Crippen MR) is 77.3 cm³/mol. The zero-order valence-electron chi connectivity index (χ0n) is 11.8. The van der Waals surface area contributed by atoms with E-state index in [9.17, 15) is 0 Å². The molecule has 0 aliphatic carbocycles. The van der Waals surface area contributed by atoms with Crippen LogP contribution in [0.15, 0.2) is 6.20 Å². The van der Waals surface area contributed by atoms with Gasteiger partial charge in [-0.05, 0) is 27.7 Å². The molecule has 4 nitrogen and oxygen atoms in total. The highest BCUT2D eigenvalue weighted by molar-refractivity contribution is 5.85. The summed E-state index contributed by atoms with van der Waals surface area (Å²) in [6.07, 6.45) is 2.20. The lowest BCUT2D eigenvalue weighted by atomic mass is 10.2. The van der Waals surface area contributed by atoms with Crippen molar-refractivity contribution >= 4 is 12.4 Å². The maximum Gasteiger partial charge on any atom is 0.0638 e. The topological polar surface area (TPSA) is 33.1 Å². The van der Waals surface area contributed by atoms with Crippen molar-refractivity contribution in [1.29, 1.82) is 0 Å². The molecule has 0 amide bonds. The number of rotatable bonds is 3. The number of aromatic nitrogens is 2. The first-order valence-electron chi connectivity index (χ1n) is 6.56. The van der Waals surface area contributed by atoms with E-state index >= 15 is 0 Å². The Hall–Kier alpha value is -0.580. The molecule has 1 aromatic heterocycles. The number of nitrogens with zero attached hydrogens (tertiary/aromatic N) is 3. The van der Waals surface area contributed by atoms with Gasteiger partial charge in [0.05, 0.1) is 5.69 Å². The first-order chi connectivity index (χ1) is 8.06. The molecule has 0 saturated carbocycles. The third kappa shape index (κ3) is 3.70. The van der Waals surface area contributed by atoms with Crippen LogP contribution in [0, 0.1) is 6.92 Å². The van der Waals surface area contributed by atoms with Gasteiger partial charge in [0.2, 0.25) is 0 Å². The number of piperazine rings is 1. The van der Waals surface area contributed by atoms with Gasteiger partial charge < -0.3 is 5.32 Å². The minimum Gasteiger partial charge on any atom is -0.312 e. The van der Waals surface area contributed by atoms with Crippen LogP contribution in [0.25, 0.3) is 0 Å². The van der Waals surface area contributed by atoms with E-state index in [0.29, 0.717) is 12.1 Å². The van der Waals surface area contributed by atoms with Crippen LogP contribution >= 0.6 is 12.4 Å². The Kier molecular flexibility index (Phi) is 5.63. The fourth-order valence-electron chi connectivity index (χ4n) is 2.34. The van der Waals surface area contributed by atoms with Crippen LogP contribution in [-0.4, -0.2) is 40.4 Å². The van der Waals surface area contributed by atoms with Gasteiger partial charge in [0.1, 0.15) is 0 Å². The van der Waals surface area contributed by atoms with E-state index in [4.69, 9.17) is 0 Å². The van der Waals surface area contributed by atoms with Gasteiger partial charge in [-0.2, -0.15) is 5.10 Å². The molecular weight excluding hydrogens is 248 g/mol. The molecule has 0 bridgehead atoms. The van der Waals surface area contributed by atoms with E-state index < -0.39 is 0 Å². The van der Waals surface area contributed by atoms with E-state index in [2.05, 4.69) is 53.9 Å². The Morgan fingerprint density at radius 3 is 2.78 bits per heavy atom. The van der Waals surface area contributed by atoms with Crippen LogP contribution in [0.4, 0.5) is 0 Å². The standard InChI is InChI=1S/C13H24N4.ClH/c1-10(2)17-9-13(12(4)15-17)8-16-6-5-14-11(3)7-16;/h9-11,14H,5-8H2,1-4H3;1H. The lowest BCUT2D eigenvalue weighted by molar-refractivity contribution is 0.199. The third-order valence-electron chi connectivity index (χ3n) is 3.39. The van der Waals surface area contributed by atoms with Crippen LogP contribution in [0.5, 0.6) is 0 Å². The summed E-state index contributed by atoms with van der Waals surface area (Å²) in [5.74, 6) is 0. The van der Waals surface area contributed by atoms with Crippen molar-refractivity contribution in [2.24, 2.45) is 0 Å². The highest BCUT2D eigenvalue weighted by Gasteiger charge is 2.17. The molecular formula is C13H25ClN4. The van der Waals surface area contributed by atoms with Gasteiger partial charge in [-0.1, -0.05) is 0 Å². The van der Waals surface area contributed by atoms with E-state index in [0.717, 1.165) is 26.2 Å². The second-order valence-corrected chi connectivity index (χ2v) is 5.40. The van der Waals surface area contributed by atoms with E-state index in [-0.39, 0.29) is 12.4 Å². The number of nitrogens with one attached hydrogen (secondary N) is 1. The molecule has 0 radical (unpaired) electrons. The van der Waals surface area contributed by atoms with Crippen molar-refractivity contribution < 1.29 is 0 Å². The van der Waals surface area contributed by atoms with Gasteiger partial charge in [0.25, 0.3) is 0 Å². The Morgan fingerprint density at radius 2 is 2.22 bits per heavy atom. The SMILES string of the molecule is Cc1nn(C(C)C)cc1CN1CCNC(C)C1.Cl. The zero-order chi connectivity index (χ0) is 12.4. The van der Waals surface area contributed by atoms with Gasteiger partial charge in [0, 0.05) is 50.0 Å². The largest absolute Gasteiger partial charge is 0.312 e. The molecule has 0 spiro atoms. The fraction of sp³-hybridized carbons (Fsp3) is 0.769. The molecule has 1 fully saturated rings. The van der Waals surface area contributed by atoms with E-state index in [1.165, 1.54) is 11.3 Å². The lowest BCUT2D eigenvalue weighted by Gasteiger charge is -2.31. The summed E-state index contributed by atoms with van der Waals surface area (Å²) in [4.78, 5) is 2.51. The molecule has 1 aliphatic heterocycles. The third-order valence-corrected chi connectivity index (χ3v) is 3.39. The number of aryl methyl sites for hydroxylation is 1. The Bertz CT molecular complexity index is 375. The molecule has 5 heteroatoms. The van der Waals surface area contributed by atoms with Crippen molar-refractivity contribution in [3.63, 3.8) is 0 Å². The van der Waals surface area contributed by atoms with Crippen LogP contribution < -0.4 is 5.32 Å². The molecule has 1 aromatic rings. The van der Waals surface area contributed by atoms with Gasteiger partial charge in [-0.25, -0.2) is 0 Å². The zero-order valence-corrected chi connectivity index (χ0v) is 12.6. The summed E-state index contributed by atoms with van der Waals surface area (Å²) < 4.78 is 2.07. The minimum absolute atomic E-state index is 0. The first-order valence-corrected chi connectivity index (χ1v) is 6.56. The predicted octanol–water partition coefficient (Wildman–Crippen LogP) is 1.99. The maximum absolute atomic E-state index is 4.57. The summed E-state index contributed by atoms with van der Waals surface area (Å²) in [6.45, 7) is 13.1. The average molecular weight is 273 g/mol. The Balaban J connectivity index is 0.00000162. The molecule has 0 aromatic carbocycles. The molecule has 1 saturated heterocycles. The van der Waals surface area contributed by atoms with Gasteiger partial charge in [0.15, 0.2) is 0 Å². The van der Waals surface area contributed by atoms with Crippen molar-refractivity contribution in [2.45, 2.75) is 46.3 Å². The summed E-state index contributed by atoms with van der Waals surface area (Å²) in [5, 5.41) is 8.04. The lowest BCUT2D eigenvalue weighted by Crippen LogP contribution is -2.48. The second-order valence-electron chi connectivity index (χ2n) is 5.40. The molecule has 18 heavy (non-hydrogen) atoms. The van der Waals surface area contributed by atoms with Gasteiger partial charge >= 0.3 is 0 Å². The number of hydrogen-bond acceptors (Lipinski definition) is 3. The van der Waals surface area contributed by atoms with E-state index in [1.807, 2.05) is 0 Å². The molecule has 2 heterocycles. The van der Waals surface area contributed by atoms with Crippen molar-refractivity contribution in [3.05, 3.63) is 17.5 Å². The summed E-state index contributed by atoms with van der Waals surface area (Å²) >= 11 is 0. The number of hydrogen-bond donors (Lipinski definition) is 1. The summed E-state index contributed by atoms with van der Waals surface area (Å²) in [5.41, 5.74) is 2.54. The van der Waals surface area contributed by atoms with Gasteiger partial charge in [-0.3, -0.25) is 9.58 Å². The second kappa shape index (κ2) is 6.55. The fourth-order valence-corrected chi connectivity index (χ4v) is 2.34. The minimum atomic E-state index is 0. The van der Waals surface area contributed by atoms with Crippen LogP contribution in [0.2, 0.25) is 0 Å². The van der Waals surface area contributed by atoms with Crippen LogP contribution in [0.1, 0.15) is 38.1 Å². The molecule has 104 valence electrons. The molecule has 2 rings (SSSR count). The maximum atomic E-state index is 4.57. The van der Waals surface area contributed by atoms with Crippen molar-refractivity contribution in [2.75, 3.05) is 19.6 Å². The van der Waals surface area contributed by atoms with Gasteiger partial charge in [-0.15, -0.1) is 12.4 Å². The van der Waals surface area contributed by atoms with Crippen molar-refractivity contribution in [1.82, 2.24) is 20.0 Å². The summed E-state index contributed by atoms with van der Waals surface area (Å²) in [6, 6.07) is 1.05. The quantitative estimate of drug-likeness (QED) is 0.914. The average Bonchev–Trinajstić information content (AvgIpc) is 2.61. The Morgan fingerprint density at radius 1 is 1.50 bits per heavy atom. The summed E-state index contributed by atoms with van der Waals surface area (Å²) in [7, 11) is 0. The van der Waals surface area contributed by atoms with E-state index in [1.54, 1.807) is 0 Å². The number of halogens is 1. The smallest absolute Gasteiger partial charge is 0.0638 e. The normalized spacial score (nSPS) is 21.1.